The van der Waals surface area contributed by atoms with Crippen LogP contribution in [0.4, 0.5) is 10.1 Å². The van der Waals surface area contributed by atoms with Crippen LogP contribution in [-0.2, 0) is 11.3 Å². The third-order valence-corrected chi connectivity index (χ3v) is 4.83. The molecule has 0 spiro atoms. The van der Waals surface area contributed by atoms with E-state index < -0.39 is 5.82 Å². The normalized spacial score (nSPS) is 15.2. The van der Waals surface area contributed by atoms with Gasteiger partial charge in [-0.05, 0) is 29.8 Å². The van der Waals surface area contributed by atoms with Gasteiger partial charge in [0.25, 0.3) is 0 Å². The summed E-state index contributed by atoms with van der Waals surface area (Å²) in [7, 11) is 3.26. The van der Waals surface area contributed by atoms with Gasteiger partial charge in [0, 0.05) is 32.7 Å². The molecule has 150 valence electrons. The molecule has 0 aromatic heterocycles. The molecule has 1 fully saturated rings. The first-order valence-corrected chi connectivity index (χ1v) is 9.29. The number of halogens is 1. The van der Waals surface area contributed by atoms with Crippen molar-refractivity contribution in [2.75, 3.05) is 52.3 Å². The van der Waals surface area contributed by atoms with Crippen LogP contribution in [0.1, 0.15) is 5.56 Å². The van der Waals surface area contributed by atoms with E-state index in [1.807, 2.05) is 18.2 Å². The molecule has 0 saturated carbocycles. The van der Waals surface area contributed by atoms with Gasteiger partial charge >= 0.3 is 0 Å². The van der Waals surface area contributed by atoms with E-state index in [1.165, 1.54) is 6.07 Å². The SMILES string of the molecule is COc1ccc(CN2CCN(CC(=O)Nc3ccccc3F)CC2)cc1OC. The summed E-state index contributed by atoms with van der Waals surface area (Å²) in [5, 5.41) is 2.64. The minimum Gasteiger partial charge on any atom is -0.493 e. The van der Waals surface area contributed by atoms with Gasteiger partial charge in [-0.2, -0.15) is 0 Å². The van der Waals surface area contributed by atoms with E-state index in [-0.39, 0.29) is 18.1 Å². The zero-order chi connectivity index (χ0) is 19.9. The van der Waals surface area contributed by atoms with Crippen molar-refractivity contribution in [3.63, 3.8) is 0 Å². The second-order valence-corrected chi connectivity index (χ2v) is 6.77. The fraction of sp³-hybridized carbons (Fsp3) is 0.381. The lowest BCUT2D eigenvalue weighted by Gasteiger charge is -2.34. The van der Waals surface area contributed by atoms with Gasteiger partial charge in [-0.3, -0.25) is 14.6 Å². The van der Waals surface area contributed by atoms with Gasteiger partial charge in [0.15, 0.2) is 11.5 Å². The fourth-order valence-corrected chi connectivity index (χ4v) is 3.30. The number of piperazine rings is 1. The van der Waals surface area contributed by atoms with E-state index in [0.717, 1.165) is 49.8 Å². The van der Waals surface area contributed by atoms with Crippen molar-refractivity contribution < 1.29 is 18.7 Å². The van der Waals surface area contributed by atoms with Gasteiger partial charge < -0.3 is 14.8 Å². The minimum absolute atomic E-state index is 0.196. The van der Waals surface area contributed by atoms with Crippen LogP contribution in [0.5, 0.6) is 11.5 Å². The Bertz CT molecular complexity index is 807. The average molecular weight is 387 g/mol. The van der Waals surface area contributed by atoms with Crippen molar-refractivity contribution in [2.24, 2.45) is 0 Å². The van der Waals surface area contributed by atoms with Gasteiger partial charge in [0.2, 0.25) is 5.91 Å². The van der Waals surface area contributed by atoms with Gasteiger partial charge in [-0.15, -0.1) is 0 Å². The molecule has 0 atom stereocenters. The predicted octanol–water partition coefficient (Wildman–Crippen LogP) is 2.60. The zero-order valence-corrected chi connectivity index (χ0v) is 16.3. The molecule has 1 amide bonds. The Morgan fingerprint density at radius 2 is 1.68 bits per heavy atom. The highest BCUT2D eigenvalue weighted by atomic mass is 19.1. The van der Waals surface area contributed by atoms with Crippen molar-refractivity contribution in [1.29, 1.82) is 0 Å². The number of nitrogens with one attached hydrogen (secondary N) is 1. The maximum Gasteiger partial charge on any atom is 0.238 e. The first-order valence-electron chi connectivity index (χ1n) is 9.29. The predicted molar refractivity (Wildman–Crippen MR) is 106 cm³/mol. The van der Waals surface area contributed by atoms with Gasteiger partial charge in [-0.1, -0.05) is 18.2 Å². The number of carbonyl (C=O) groups is 1. The Balaban J connectivity index is 1.47. The maximum atomic E-state index is 13.6. The smallest absolute Gasteiger partial charge is 0.238 e. The molecule has 6 nitrogen and oxygen atoms in total. The van der Waals surface area contributed by atoms with Crippen molar-refractivity contribution >= 4 is 11.6 Å². The van der Waals surface area contributed by atoms with Crippen LogP contribution < -0.4 is 14.8 Å². The topological polar surface area (TPSA) is 54.0 Å². The Morgan fingerprint density at radius 3 is 2.36 bits per heavy atom. The van der Waals surface area contributed by atoms with Crippen molar-refractivity contribution in [1.82, 2.24) is 9.80 Å². The van der Waals surface area contributed by atoms with E-state index in [4.69, 9.17) is 9.47 Å². The molecule has 0 radical (unpaired) electrons. The van der Waals surface area contributed by atoms with Gasteiger partial charge in [0.05, 0.1) is 26.5 Å². The molecular formula is C21H26FN3O3. The summed E-state index contributed by atoms with van der Waals surface area (Å²) >= 11 is 0. The summed E-state index contributed by atoms with van der Waals surface area (Å²) in [6.45, 7) is 4.38. The third kappa shape index (κ3) is 5.21. The molecule has 0 aliphatic carbocycles. The highest BCUT2D eigenvalue weighted by molar-refractivity contribution is 5.92. The fourth-order valence-electron chi connectivity index (χ4n) is 3.30. The van der Waals surface area contributed by atoms with Crippen molar-refractivity contribution in [3.05, 3.63) is 53.8 Å². The summed E-state index contributed by atoms with van der Waals surface area (Å²) in [6, 6.07) is 12.1. The van der Waals surface area contributed by atoms with E-state index in [1.54, 1.807) is 32.4 Å². The van der Waals surface area contributed by atoms with Crippen LogP contribution in [0.3, 0.4) is 0 Å². The molecule has 2 aromatic rings. The van der Waals surface area contributed by atoms with Crippen molar-refractivity contribution in [3.8, 4) is 11.5 Å². The first-order chi connectivity index (χ1) is 13.6. The standard InChI is InChI=1S/C21H26FN3O3/c1-27-19-8-7-16(13-20(19)28-2)14-24-9-11-25(12-10-24)15-21(26)23-18-6-4-3-5-17(18)22/h3-8,13H,9-12,14-15H2,1-2H3,(H,23,26). The lowest BCUT2D eigenvalue weighted by Crippen LogP contribution is -2.48. The summed E-state index contributed by atoms with van der Waals surface area (Å²) in [4.78, 5) is 16.6. The quantitative estimate of drug-likeness (QED) is 0.792. The number of para-hydroxylation sites is 1. The molecule has 2 aromatic carbocycles. The second-order valence-electron chi connectivity index (χ2n) is 6.77. The monoisotopic (exact) mass is 387 g/mol. The zero-order valence-electron chi connectivity index (χ0n) is 16.3. The molecule has 0 bridgehead atoms. The molecule has 28 heavy (non-hydrogen) atoms. The lowest BCUT2D eigenvalue weighted by molar-refractivity contribution is -0.117. The maximum absolute atomic E-state index is 13.6. The highest BCUT2D eigenvalue weighted by Crippen LogP contribution is 2.28. The number of benzene rings is 2. The largest absolute Gasteiger partial charge is 0.493 e. The molecule has 7 heteroatoms. The lowest BCUT2D eigenvalue weighted by atomic mass is 10.1. The van der Waals surface area contributed by atoms with E-state index in [9.17, 15) is 9.18 Å². The summed E-state index contributed by atoms with van der Waals surface area (Å²) in [5.74, 6) is 0.828. The number of carbonyl (C=O) groups excluding carboxylic acids is 1. The minimum atomic E-state index is -0.421. The molecule has 1 aliphatic rings. The third-order valence-electron chi connectivity index (χ3n) is 4.83. The van der Waals surface area contributed by atoms with Crippen LogP contribution in [0.15, 0.2) is 42.5 Å². The summed E-state index contributed by atoms with van der Waals surface area (Å²) in [5.41, 5.74) is 1.38. The number of nitrogens with zero attached hydrogens (tertiary/aromatic N) is 2. The number of anilines is 1. The average Bonchev–Trinajstić information content (AvgIpc) is 2.71. The number of ether oxygens (including phenoxy) is 2. The highest BCUT2D eigenvalue weighted by Gasteiger charge is 2.20. The molecule has 3 rings (SSSR count). The van der Waals surface area contributed by atoms with Gasteiger partial charge in [-0.25, -0.2) is 4.39 Å². The van der Waals surface area contributed by atoms with Crippen LogP contribution in [0.25, 0.3) is 0 Å². The molecule has 1 aliphatic heterocycles. The van der Waals surface area contributed by atoms with Gasteiger partial charge in [0.1, 0.15) is 5.82 Å². The molecule has 1 N–H and O–H groups in total. The Kier molecular flexibility index (Phi) is 6.84. The number of rotatable bonds is 7. The molecular weight excluding hydrogens is 361 g/mol. The van der Waals surface area contributed by atoms with E-state index >= 15 is 0 Å². The number of methoxy groups -OCH3 is 2. The Labute approximate surface area is 164 Å². The van der Waals surface area contributed by atoms with E-state index in [2.05, 4.69) is 15.1 Å². The number of hydrogen-bond acceptors (Lipinski definition) is 5. The van der Waals surface area contributed by atoms with E-state index in [0.29, 0.717) is 0 Å². The summed E-state index contributed by atoms with van der Waals surface area (Å²) < 4.78 is 24.3. The van der Waals surface area contributed by atoms with Crippen LogP contribution >= 0.6 is 0 Å². The van der Waals surface area contributed by atoms with Crippen LogP contribution in [0, 0.1) is 5.82 Å². The van der Waals surface area contributed by atoms with Crippen LogP contribution in [0.2, 0.25) is 0 Å². The Morgan fingerprint density at radius 1 is 1.00 bits per heavy atom. The summed E-state index contributed by atoms with van der Waals surface area (Å²) in [6.07, 6.45) is 0. The van der Waals surface area contributed by atoms with Crippen LogP contribution in [-0.4, -0.2) is 62.7 Å². The number of hydrogen-bond donors (Lipinski definition) is 1. The second kappa shape index (κ2) is 9.52. The first kappa shape index (κ1) is 20.1. The number of amides is 1. The molecule has 0 unspecified atom stereocenters. The molecule has 1 heterocycles. The molecule has 1 saturated heterocycles. The van der Waals surface area contributed by atoms with Crippen molar-refractivity contribution in [2.45, 2.75) is 6.54 Å². The Hall–Kier alpha value is -2.64.